The van der Waals surface area contributed by atoms with Gasteiger partial charge in [0, 0.05) is 23.1 Å². The van der Waals surface area contributed by atoms with Crippen molar-refractivity contribution in [1.29, 1.82) is 0 Å². The van der Waals surface area contributed by atoms with Crippen LogP contribution >= 0.6 is 22.9 Å². The molecule has 0 aromatic carbocycles. The highest BCUT2D eigenvalue weighted by molar-refractivity contribution is 7.14. The van der Waals surface area contributed by atoms with E-state index in [4.69, 9.17) is 17.4 Å². The molecule has 3 N–H and O–H groups in total. The highest BCUT2D eigenvalue weighted by atomic mass is 35.5. The fourth-order valence-electron chi connectivity index (χ4n) is 1.67. The number of hydrogen-bond acceptors (Lipinski definition) is 5. The van der Waals surface area contributed by atoms with Crippen molar-refractivity contribution >= 4 is 28.8 Å². The number of nitrogens with two attached hydrogens (primary N) is 1. The quantitative estimate of drug-likeness (QED) is 0.662. The van der Waals surface area contributed by atoms with E-state index in [0.717, 1.165) is 10.6 Å². The molecule has 4 nitrogen and oxygen atoms in total. The van der Waals surface area contributed by atoms with E-state index >= 15 is 0 Å². The minimum atomic E-state index is 0.569. The van der Waals surface area contributed by atoms with Crippen LogP contribution in [0.2, 0.25) is 5.02 Å². The monoisotopic (exact) mass is 266 g/mol. The molecule has 0 unspecified atom stereocenters. The fourth-order valence-corrected chi connectivity index (χ4v) is 2.68. The van der Waals surface area contributed by atoms with Gasteiger partial charge in [0.25, 0.3) is 0 Å². The Labute approximate surface area is 108 Å². The van der Waals surface area contributed by atoms with E-state index in [1.54, 1.807) is 0 Å². The first-order valence-electron chi connectivity index (χ1n) is 5.36. The first-order chi connectivity index (χ1) is 8.26. The van der Waals surface area contributed by atoms with Crippen molar-refractivity contribution in [2.45, 2.75) is 18.8 Å². The number of hydrazine groups is 1. The minimum Gasteiger partial charge on any atom is -0.308 e. The zero-order valence-electron chi connectivity index (χ0n) is 8.98. The van der Waals surface area contributed by atoms with Crippen molar-refractivity contribution < 1.29 is 0 Å². The third-order valence-electron chi connectivity index (χ3n) is 2.68. The van der Waals surface area contributed by atoms with E-state index in [9.17, 15) is 0 Å². The zero-order valence-corrected chi connectivity index (χ0v) is 10.6. The van der Waals surface area contributed by atoms with E-state index in [0.29, 0.717) is 22.6 Å². The Morgan fingerprint density at radius 1 is 1.35 bits per heavy atom. The molecule has 2 heterocycles. The largest absolute Gasteiger partial charge is 0.308 e. The fraction of sp³-hybridized carbons (Fsp3) is 0.273. The van der Waals surface area contributed by atoms with E-state index in [1.165, 1.54) is 24.2 Å². The molecule has 0 aliphatic heterocycles. The van der Waals surface area contributed by atoms with Crippen molar-refractivity contribution in [2.75, 3.05) is 5.43 Å². The second-order valence-corrected chi connectivity index (χ2v) is 5.40. The van der Waals surface area contributed by atoms with E-state index in [1.807, 2.05) is 17.5 Å². The van der Waals surface area contributed by atoms with Gasteiger partial charge in [0.1, 0.15) is 5.82 Å². The summed E-state index contributed by atoms with van der Waals surface area (Å²) in [6, 6.07) is 3.79. The summed E-state index contributed by atoms with van der Waals surface area (Å²) in [5.74, 6) is 7.35. The highest BCUT2D eigenvalue weighted by Gasteiger charge is 2.26. The molecule has 1 aliphatic rings. The molecule has 2 aromatic rings. The molecule has 0 saturated heterocycles. The molecule has 1 aliphatic carbocycles. The molecular formula is C11H11ClN4S. The molecule has 2 aromatic heterocycles. The van der Waals surface area contributed by atoms with Gasteiger partial charge >= 0.3 is 0 Å². The lowest BCUT2D eigenvalue weighted by atomic mass is 10.2. The molecule has 88 valence electrons. The zero-order chi connectivity index (χ0) is 11.8. The van der Waals surface area contributed by atoms with Gasteiger partial charge in [-0.05, 0) is 18.9 Å². The minimum absolute atomic E-state index is 0.569. The lowest BCUT2D eigenvalue weighted by molar-refractivity contribution is 0.993. The summed E-state index contributed by atoms with van der Waals surface area (Å²) in [4.78, 5) is 9.89. The van der Waals surface area contributed by atoms with Crippen molar-refractivity contribution in [3.05, 3.63) is 28.2 Å². The maximum atomic E-state index is 5.91. The van der Waals surface area contributed by atoms with Crippen LogP contribution in [0.4, 0.5) is 5.82 Å². The second kappa shape index (κ2) is 4.25. The normalized spacial score (nSPS) is 14.9. The third kappa shape index (κ3) is 2.26. The summed E-state index contributed by atoms with van der Waals surface area (Å²) in [7, 11) is 0. The van der Waals surface area contributed by atoms with E-state index in [2.05, 4.69) is 15.4 Å². The van der Waals surface area contributed by atoms with Crippen molar-refractivity contribution in [3.63, 3.8) is 0 Å². The summed E-state index contributed by atoms with van der Waals surface area (Å²) in [6.07, 6.45) is 2.40. The summed E-state index contributed by atoms with van der Waals surface area (Å²) < 4.78 is 0. The molecule has 6 heteroatoms. The number of halogens is 1. The topological polar surface area (TPSA) is 63.8 Å². The number of rotatable bonds is 3. The molecule has 1 fully saturated rings. The van der Waals surface area contributed by atoms with Crippen LogP contribution in [-0.2, 0) is 0 Å². The Hall–Kier alpha value is -1.17. The predicted molar refractivity (Wildman–Crippen MR) is 70.1 cm³/mol. The molecule has 0 bridgehead atoms. The number of anilines is 1. The summed E-state index contributed by atoms with van der Waals surface area (Å²) in [6.45, 7) is 0. The maximum Gasteiger partial charge on any atom is 0.171 e. The predicted octanol–water partition coefficient (Wildman–Crippen LogP) is 3.02. The number of thiophene rings is 1. The third-order valence-corrected chi connectivity index (χ3v) is 3.95. The Bertz CT molecular complexity index is 550. The number of nitrogen functional groups attached to an aromatic ring is 1. The average Bonchev–Trinajstić information content (AvgIpc) is 3.11. The number of nitrogens with zero attached hydrogens (tertiary/aromatic N) is 2. The summed E-state index contributed by atoms with van der Waals surface area (Å²) >= 11 is 7.45. The van der Waals surface area contributed by atoms with Crippen LogP contribution < -0.4 is 11.3 Å². The Morgan fingerprint density at radius 3 is 2.76 bits per heavy atom. The number of aromatic nitrogens is 2. The van der Waals surface area contributed by atoms with Crippen molar-refractivity contribution in [2.24, 2.45) is 5.84 Å². The van der Waals surface area contributed by atoms with Crippen molar-refractivity contribution in [3.8, 4) is 10.7 Å². The van der Waals surface area contributed by atoms with Crippen LogP contribution in [0, 0.1) is 0 Å². The van der Waals surface area contributed by atoms with Gasteiger partial charge in [0.05, 0.1) is 9.90 Å². The molecular weight excluding hydrogens is 256 g/mol. The first kappa shape index (κ1) is 11.0. The Kier molecular flexibility index (Phi) is 2.74. The lowest BCUT2D eigenvalue weighted by Gasteiger charge is -2.05. The molecule has 0 spiro atoms. The van der Waals surface area contributed by atoms with E-state index < -0.39 is 0 Å². The van der Waals surface area contributed by atoms with E-state index in [-0.39, 0.29) is 0 Å². The van der Waals surface area contributed by atoms with Gasteiger partial charge in [-0.15, -0.1) is 11.3 Å². The van der Waals surface area contributed by atoms with Crippen LogP contribution in [0.25, 0.3) is 10.7 Å². The average molecular weight is 267 g/mol. The molecule has 3 rings (SSSR count). The SMILES string of the molecule is NNc1cc(C2CC2)nc(-c2cc(Cl)cs2)n1. The van der Waals surface area contributed by atoms with Gasteiger partial charge in [-0.2, -0.15) is 0 Å². The second-order valence-electron chi connectivity index (χ2n) is 4.05. The van der Waals surface area contributed by atoms with Gasteiger partial charge in [0.2, 0.25) is 0 Å². The van der Waals surface area contributed by atoms with Gasteiger partial charge < -0.3 is 5.43 Å². The van der Waals surface area contributed by atoms with Crippen LogP contribution in [0.1, 0.15) is 24.5 Å². The van der Waals surface area contributed by atoms with Crippen LogP contribution in [0.5, 0.6) is 0 Å². The van der Waals surface area contributed by atoms with Crippen LogP contribution in [0.3, 0.4) is 0 Å². The molecule has 0 atom stereocenters. The smallest absolute Gasteiger partial charge is 0.171 e. The lowest BCUT2D eigenvalue weighted by Crippen LogP contribution is -2.10. The Balaban J connectivity index is 2.05. The van der Waals surface area contributed by atoms with Gasteiger partial charge in [-0.25, -0.2) is 15.8 Å². The summed E-state index contributed by atoms with van der Waals surface area (Å²) in [5, 5.41) is 2.59. The van der Waals surface area contributed by atoms with Gasteiger partial charge in [-0.3, -0.25) is 0 Å². The van der Waals surface area contributed by atoms with Gasteiger partial charge in [0.15, 0.2) is 5.82 Å². The molecule has 17 heavy (non-hydrogen) atoms. The summed E-state index contributed by atoms with van der Waals surface area (Å²) in [5.41, 5.74) is 3.65. The van der Waals surface area contributed by atoms with Crippen molar-refractivity contribution in [1.82, 2.24) is 9.97 Å². The number of hydrogen-bond donors (Lipinski definition) is 2. The number of nitrogens with one attached hydrogen (secondary N) is 1. The van der Waals surface area contributed by atoms with Crippen LogP contribution in [-0.4, -0.2) is 9.97 Å². The first-order valence-corrected chi connectivity index (χ1v) is 6.62. The maximum absolute atomic E-state index is 5.91. The van der Waals surface area contributed by atoms with Gasteiger partial charge in [-0.1, -0.05) is 11.6 Å². The van der Waals surface area contributed by atoms with Crippen LogP contribution in [0.15, 0.2) is 17.5 Å². The Morgan fingerprint density at radius 2 is 2.18 bits per heavy atom. The molecule has 0 radical (unpaired) electrons. The molecule has 1 saturated carbocycles. The molecule has 0 amide bonds. The standard InChI is InChI=1S/C11H11ClN4S/c12-7-3-9(17-5-7)11-14-8(6-1-2-6)4-10(15-11)16-13/h3-6H,1-2,13H2,(H,14,15,16). The highest BCUT2D eigenvalue weighted by Crippen LogP contribution is 2.40.